The van der Waals surface area contributed by atoms with Crippen LogP contribution in [-0.2, 0) is 9.59 Å². The zero-order chi connectivity index (χ0) is 21.8. The van der Waals surface area contributed by atoms with E-state index in [0.717, 1.165) is 24.3 Å². The minimum absolute atomic E-state index is 0.151. The number of amides is 3. The molecule has 0 aromatic heterocycles. The van der Waals surface area contributed by atoms with Crippen LogP contribution >= 0.6 is 0 Å². The molecule has 2 aromatic rings. The first-order valence-corrected chi connectivity index (χ1v) is 9.99. The van der Waals surface area contributed by atoms with Gasteiger partial charge in [-0.25, -0.2) is 0 Å². The maximum absolute atomic E-state index is 12.8. The molecule has 158 valence electrons. The van der Waals surface area contributed by atoms with Crippen molar-refractivity contribution in [3.8, 4) is 0 Å². The van der Waals surface area contributed by atoms with Crippen molar-refractivity contribution in [3.63, 3.8) is 0 Å². The molecule has 2 aromatic carbocycles. The number of carboxylic acid groups (broad SMARTS) is 1. The molecule has 0 radical (unpaired) electrons. The first kappa shape index (κ1) is 22.8. The molecule has 0 saturated heterocycles. The highest BCUT2D eigenvalue weighted by atomic mass is 16.4. The number of nitrogens with one attached hydrogen (secondary N) is 1. The summed E-state index contributed by atoms with van der Waals surface area (Å²) in [5.74, 6) is -2.44. The maximum atomic E-state index is 12.8. The van der Waals surface area contributed by atoms with Gasteiger partial charge >= 0.3 is 5.97 Å². The fourth-order valence-electron chi connectivity index (χ4n) is 2.89. The van der Waals surface area contributed by atoms with Gasteiger partial charge in [0.2, 0.25) is 5.91 Å². The van der Waals surface area contributed by atoms with Gasteiger partial charge in [-0.2, -0.15) is 5.01 Å². The molecule has 7 heteroatoms. The number of hydrogen-bond donors (Lipinski definition) is 2. The van der Waals surface area contributed by atoms with E-state index >= 15 is 0 Å². The van der Waals surface area contributed by atoms with Gasteiger partial charge in [-0.15, -0.1) is 0 Å². The van der Waals surface area contributed by atoms with Crippen LogP contribution in [0.4, 0.5) is 0 Å². The molecule has 0 heterocycles. The largest absolute Gasteiger partial charge is 0.481 e. The highest BCUT2D eigenvalue weighted by Crippen LogP contribution is 2.11. The van der Waals surface area contributed by atoms with E-state index in [4.69, 9.17) is 5.11 Å². The summed E-state index contributed by atoms with van der Waals surface area (Å²) in [5, 5.41) is 9.38. The Balaban J connectivity index is 1.94. The smallest absolute Gasteiger partial charge is 0.303 e. The van der Waals surface area contributed by atoms with Crippen molar-refractivity contribution >= 4 is 23.7 Å². The van der Waals surface area contributed by atoms with Crippen LogP contribution < -0.4 is 5.43 Å². The molecule has 2 rings (SSSR count). The normalized spacial score (nSPS) is 10.3. The van der Waals surface area contributed by atoms with E-state index in [9.17, 15) is 19.2 Å². The third kappa shape index (κ3) is 7.50. The van der Waals surface area contributed by atoms with Gasteiger partial charge in [-0.1, -0.05) is 55.7 Å². The van der Waals surface area contributed by atoms with Gasteiger partial charge < -0.3 is 5.11 Å². The van der Waals surface area contributed by atoms with Crippen molar-refractivity contribution in [1.82, 2.24) is 10.4 Å². The van der Waals surface area contributed by atoms with E-state index in [1.807, 2.05) is 0 Å². The van der Waals surface area contributed by atoms with Crippen molar-refractivity contribution < 1.29 is 24.3 Å². The van der Waals surface area contributed by atoms with Gasteiger partial charge in [0.1, 0.15) is 0 Å². The average molecular weight is 410 g/mol. The highest BCUT2D eigenvalue weighted by molar-refractivity contribution is 6.11. The Labute approximate surface area is 175 Å². The van der Waals surface area contributed by atoms with Crippen molar-refractivity contribution in [2.75, 3.05) is 0 Å². The quantitative estimate of drug-likeness (QED) is 0.352. The fourth-order valence-corrected chi connectivity index (χ4v) is 2.89. The Bertz CT molecular complexity index is 801. The van der Waals surface area contributed by atoms with Crippen LogP contribution in [0, 0.1) is 0 Å². The van der Waals surface area contributed by atoms with E-state index in [1.165, 1.54) is 0 Å². The third-order valence-electron chi connectivity index (χ3n) is 4.48. The number of hydrogen-bond acceptors (Lipinski definition) is 4. The molecule has 0 aliphatic rings. The van der Waals surface area contributed by atoms with E-state index in [0.29, 0.717) is 24.0 Å². The first-order chi connectivity index (χ1) is 14.5. The predicted octanol–water partition coefficient (Wildman–Crippen LogP) is 3.82. The van der Waals surface area contributed by atoms with Crippen LogP contribution in [0.25, 0.3) is 0 Å². The Kier molecular flexibility index (Phi) is 9.24. The molecule has 7 nitrogen and oxygen atoms in total. The minimum atomic E-state index is -0.805. The lowest BCUT2D eigenvalue weighted by atomic mass is 10.1. The van der Waals surface area contributed by atoms with E-state index in [-0.39, 0.29) is 12.8 Å². The molecule has 0 unspecified atom stereocenters. The van der Waals surface area contributed by atoms with Crippen molar-refractivity contribution in [1.29, 1.82) is 0 Å². The van der Waals surface area contributed by atoms with Crippen LogP contribution in [0.3, 0.4) is 0 Å². The Hall–Kier alpha value is -3.48. The standard InChI is InChI=1S/C23H26N2O5/c26-20(16-10-2-1-3-11-17-21(27)28)24-25(22(29)18-12-6-4-7-13-18)23(30)19-14-8-5-9-15-19/h4-9,12-15H,1-3,10-11,16-17H2,(H,24,26)(H,27,28). The minimum Gasteiger partial charge on any atom is -0.481 e. The number of unbranched alkanes of at least 4 members (excludes halogenated alkanes) is 4. The first-order valence-electron chi connectivity index (χ1n) is 9.99. The Morgan fingerprint density at radius 3 is 1.57 bits per heavy atom. The van der Waals surface area contributed by atoms with Crippen molar-refractivity contribution in [3.05, 3.63) is 71.8 Å². The summed E-state index contributed by atoms with van der Waals surface area (Å²) >= 11 is 0. The number of benzene rings is 2. The van der Waals surface area contributed by atoms with Crippen molar-refractivity contribution in [2.45, 2.75) is 44.9 Å². The summed E-state index contributed by atoms with van der Waals surface area (Å²) in [6.45, 7) is 0. The maximum Gasteiger partial charge on any atom is 0.303 e. The molecule has 0 atom stereocenters. The number of carboxylic acids is 1. The molecule has 0 bridgehead atoms. The number of rotatable bonds is 10. The monoisotopic (exact) mass is 410 g/mol. The molecular weight excluding hydrogens is 384 g/mol. The van der Waals surface area contributed by atoms with Gasteiger partial charge in [-0.3, -0.25) is 24.6 Å². The van der Waals surface area contributed by atoms with Gasteiger partial charge in [0, 0.05) is 24.0 Å². The molecule has 0 aliphatic carbocycles. The third-order valence-corrected chi connectivity index (χ3v) is 4.48. The topological polar surface area (TPSA) is 104 Å². The van der Waals surface area contributed by atoms with Crippen LogP contribution in [0.15, 0.2) is 60.7 Å². The summed E-state index contributed by atoms with van der Waals surface area (Å²) in [4.78, 5) is 48.5. The lowest BCUT2D eigenvalue weighted by Crippen LogP contribution is -2.49. The number of aliphatic carboxylic acids is 1. The number of carbonyl (C=O) groups is 4. The van der Waals surface area contributed by atoms with Crippen LogP contribution in [-0.4, -0.2) is 33.8 Å². The molecule has 2 N–H and O–H groups in total. The molecule has 0 saturated carbocycles. The van der Waals surface area contributed by atoms with E-state index in [2.05, 4.69) is 5.43 Å². The van der Waals surface area contributed by atoms with Crippen molar-refractivity contribution in [2.24, 2.45) is 0 Å². The van der Waals surface area contributed by atoms with Gasteiger partial charge in [-0.05, 0) is 37.1 Å². The second-order valence-corrected chi connectivity index (χ2v) is 6.87. The Morgan fingerprint density at radius 2 is 1.10 bits per heavy atom. The highest BCUT2D eigenvalue weighted by Gasteiger charge is 2.25. The molecule has 0 fully saturated rings. The zero-order valence-corrected chi connectivity index (χ0v) is 16.8. The van der Waals surface area contributed by atoms with Gasteiger partial charge in [0.05, 0.1) is 0 Å². The number of nitrogens with zero attached hydrogens (tertiary/aromatic N) is 1. The number of carbonyl (C=O) groups excluding carboxylic acids is 3. The Morgan fingerprint density at radius 1 is 0.667 bits per heavy atom. The zero-order valence-electron chi connectivity index (χ0n) is 16.8. The SMILES string of the molecule is O=C(O)CCCCCCCC(=O)NN(C(=O)c1ccccc1)C(=O)c1ccccc1. The number of hydrazine groups is 1. The van der Waals surface area contributed by atoms with Gasteiger partial charge in [0.15, 0.2) is 0 Å². The number of imide groups is 1. The average Bonchev–Trinajstić information content (AvgIpc) is 2.77. The van der Waals surface area contributed by atoms with Crippen LogP contribution in [0.5, 0.6) is 0 Å². The summed E-state index contributed by atoms with van der Waals surface area (Å²) < 4.78 is 0. The van der Waals surface area contributed by atoms with Crippen LogP contribution in [0.2, 0.25) is 0 Å². The molecular formula is C23H26N2O5. The second kappa shape index (κ2) is 12.2. The molecule has 0 spiro atoms. The van der Waals surface area contributed by atoms with E-state index < -0.39 is 23.7 Å². The van der Waals surface area contributed by atoms with Crippen LogP contribution in [0.1, 0.15) is 65.7 Å². The lowest BCUT2D eigenvalue weighted by Gasteiger charge is -2.21. The summed E-state index contributed by atoms with van der Waals surface area (Å²) in [6.07, 6.45) is 3.91. The summed E-state index contributed by atoms with van der Waals surface area (Å²) in [7, 11) is 0. The lowest BCUT2D eigenvalue weighted by molar-refractivity contribution is -0.137. The predicted molar refractivity (Wildman–Crippen MR) is 111 cm³/mol. The molecule has 0 aliphatic heterocycles. The van der Waals surface area contributed by atoms with E-state index in [1.54, 1.807) is 60.7 Å². The summed E-state index contributed by atoms with van der Waals surface area (Å²) in [6, 6.07) is 16.6. The molecule has 30 heavy (non-hydrogen) atoms. The fraction of sp³-hybridized carbons (Fsp3) is 0.304. The molecule has 3 amide bonds. The second-order valence-electron chi connectivity index (χ2n) is 6.87. The van der Waals surface area contributed by atoms with Gasteiger partial charge in [0.25, 0.3) is 11.8 Å². The summed E-state index contributed by atoms with van der Waals surface area (Å²) in [5.41, 5.74) is 3.03.